The van der Waals surface area contributed by atoms with Gasteiger partial charge in [-0.15, -0.1) is 0 Å². The molecule has 0 saturated carbocycles. The van der Waals surface area contributed by atoms with E-state index in [4.69, 9.17) is 0 Å². The van der Waals surface area contributed by atoms with Gasteiger partial charge < -0.3 is 0 Å². The molecule has 0 aromatic heterocycles. The van der Waals surface area contributed by atoms with E-state index in [9.17, 15) is 0 Å². The van der Waals surface area contributed by atoms with E-state index in [-0.39, 0.29) is 0 Å². The van der Waals surface area contributed by atoms with Crippen LogP contribution in [0.25, 0.3) is 5.57 Å². The molecule has 0 saturated heterocycles. The Labute approximate surface area is 78.0 Å². The van der Waals surface area contributed by atoms with Crippen molar-refractivity contribution in [3.05, 3.63) is 41.6 Å². The fourth-order valence-corrected chi connectivity index (χ4v) is 1.39. The Hall–Kier alpha value is -1.44. The number of hydrogen-bond acceptors (Lipinski definition) is 2. The predicted octanol–water partition coefficient (Wildman–Crippen LogP) is 3.06. The summed E-state index contributed by atoms with van der Waals surface area (Å²) in [5, 5.41) is 7.76. The second-order valence-electron chi connectivity index (χ2n) is 3.12. The average molecular weight is 172 g/mol. The highest BCUT2D eigenvalue weighted by atomic mass is 15.1. The van der Waals surface area contributed by atoms with Gasteiger partial charge in [0, 0.05) is 5.57 Å². The normalized spacial score (nSPS) is 14.7. The van der Waals surface area contributed by atoms with Gasteiger partial charge in [-0.25, -0.2) is 0 Å². The van der Waals surface area contributed by atoms with E-state index in [0.717, 1.165) is 13.0 Å². The maximum atomic E-state index is 3.92. The predicted molar refractivity (Wildman–Crippen MR) is 53.5 cm³/mol. The van der Waals surface area contributed by atoms with Crippen molar-refractivity contribution in [2.75, 3.05) is 6.54 Å². The second-order valence-corrected chi connectivity index (χ2v) is 3.12. The Morgan fingerprint density at radius 2 is 2.00 bits per heavy atom. The van der Waals surface area contributed by atoms with E-state index in [2.05, 4.69) is 41.4 Å². The Morgan fingerprint density at radius 1 is 1.23 bits per heavy atom. The van der Waals surface area contributed by atoms with Crippen molar-refractivity contribution in [1.29, 1.82) is 0 Å². The van der Waals surface area contributed by atoms with Gasteiger partial charge in [0.1, 0.15) is 0 Å². The molecule has 0 radical (unpaired) electrons. The van der Waals surface area contributed by atoms with Crippen LogP contribution in [-0.4, -0.2) is 6.54 Å². The van der Waals surface area contributed by atoms with Gasteiger partial charge in [-0.3, -0.25) is 0 Å². The first-order valence-electron chi connectivity index (χ1n) is 4.55. The zero-order valence-electron chi connectivity index (χ0n) is 7.70. The summed E-state index contributed by atoms with van der Waals surface area (Å²) in [7, 11) is 0. The molecule has 0 unspecified atom stereocenters. The third-order valence-electron chi connectivity index (χ3n) is 2.27. The molecule has 66 valence electrons. The molecule has 2 nitrogen and oxygen atoms in total. The first kappa shape index (κ1) is 8.17. The fraction of sp³-hybridized carbons (Fsp3) is 0.273. The number of azo groups is 1. The summed E-state index contributed by atoms with van der Waals surface area (Å²) in [5.74, 6) is 0. The molecule has 0 aliphatic carbocycles. The Kier molecular flexibility index (Phi) is 2.21. The Balaban J connectivity index is 2.23. The first-order valence-corrected chi connectivity index (χ1v) is 4.55. The lowest BCUT2D eigenvalue weighted by atomic mass is 10.0. The van der Waals surface area contributed by atoms with Crippen LogP contribution in [0.1, 0.15) is 18.1 Å². The van der Waals surface area contributed by atoms with E-state index < -0.39 is 0 Å². The van der Waals surface area contributed by atoms with E-state index in [1.165, 1.54) is 16.7 Å². The monoisotopic (exact) mass is 172 g/mol. The molecular formula is C11H12N2. The van der Waals surface area contributed by atoms with Crippen LogP contribution in [0.4, 0.5) is 0 Å². The molecule has 1 heterocycles. The first-order chi connectivity index (χ1) is 6.40. The Morgan fingerprint density at radius 3 is 2.54 bits per heavy atom. The molecule has 2 heteroatoms. The molecule has 0 amide bonds. The highest BCUT2D eigenvalue weighted by molar-refractivity contribution is 5.67. The van der Waals surface area contributed by atoms with Gasteiger partial charge >= 0.3 is 0 Å². The summed E-state index contributed by atoms with van der Waals surface area (Å²) in [5.41, 5.74) is 3.82. The molecular weight excluding hydrogens is 160 g/mol. The molecule has 0 spiro atoms. The van der Waals surface area contributed by atoms with E-state index in [1.807, 2.05) is 6.20 Å². The van der Waals surface area contributed by atoms with Crippen molar-refractivity contribution in [3.63, 3.8) is 0 Å². The molecule has 0 atom stereocenters. The number of hydrogen-bond donors (Lipinski definition) is 0. The quantitative estimate of drug-likeness (QED) is 0.655. The molecule has 0 fully saturated rings. The SMILES string of the molecule is CCc1ccc(C2=CN=NC2)cc1. The number of nitrogens with zero attached hydrogens (tertiary/aromatic N) is 2. The van der Waals surface area contributed by atoms with E-state index in [0.29, 0.717) is 0 Å². The third-order valence-corrected chi connectivity index (χ3v) is 2.27. The van der Waals surface area contributed by atoms with Crippen molar-refractivity contribution >= 4 is 5.57 Å². The van der Waals surface area contributed by atoms with Crippen molar-refractivity contribution < 1.29 is 0 Å². The van der Waals surface area contributed by atoms with Gasteiger partial charge in [0.05, 0.1) is 12.7 Å². The summed E-state index contributed by atoms with van der Waals surface area (Å²) in [4.78, 5) is 0. The van der Waals surface area contributed by atoms with Gasteiger partial charge in [0.15, 0.2) is 0 Å². The van der Waals surface area contributed by atoms with Gasteiger partial charge in [-0.2, -0.15) is 10.2 Å². The third kappa shape index (κ3) is 1.66. The van der Waals surface area contributed by atoms with Gasteiger partial charge in [-0.1, -0.05) is 31.2 Å². The summed E-state index contributed by atoms with van der Waals surface area (Å²) in [6.07, 6.45) is 2.93. The summed E-state index contributed by atoms with van der Waals surface area (Å²) in [6, 6.07) is 8.60. The van der Waals surface area contributed by atoms with Crippen LogP contribution in [0.5, 0.6) is 0 Å². The number of benzene rings is 1. The van der Waals surface area contributed by atoms with Crippen LogP contribution >= 0.6 is 0 Å². The Bertz CT molecular complexity index is 347. The molecule has 13 heavy (non-hydrogen) atoms. The van der Waals surface area contributed by atoms with Gasteiger partial charge in [0.25, 0.3) is 0 Å². The standard InChI is InChI=1S/C11H12N2/c1-2-9-3-5-10(6-4-9)11-7-12-13-8-11/h3-7H,2,8H2,1H3. The molecule has 1 aromatic rings. The highest BCUT2D eigenvalue weighted by Gasteiger charge is 2.03. The zero-order chi connectivity index (χ0) is 9.10. The van der Waals surface area contributed by atoms with Crippen LogP contribution in [0, 0.1) is 0 Å². The lowest BCUT2D eigenvalue weighted by Crippen LogP contribution is -1.86. The minimum absolute atomic E-state index is 0.728. The maximum absolute atomic E-state index is 3.92. The highest BCUT2D eigenvalue weighted by Crippen LogP contribution is 2.19. The van der Waals surface area contributed by atoms with Crippen molar-refractivity contribution in [3.8, 4) is 0 Å². The molecule has 1 aliphatic heterocycles. The largest absolute Gasteiger partial charge is 0.184 e. The molecule has 0 bridgehead atoms. The topological polar surface area (TPSA) is 24.7 Å². The van der Waals surface area contributed by atoms with Crippen molar-refractivity contribution in [2.24, 2.45) is 10.2 Å². The molecule has 1 aromatic carbocycles. The fourth-order valence-electron chi connectivity index (χ4n) is 1.39. The van der Waals surface area contributed by atoms with Crippen LogP contribution in [0.3, 0.4) is 0 Å². The lowest BCUT2D eigenvalue weighted by Gasteiger charge is -2.01. The molecule has 1 aliphatic rings. The summed E-state index contributed by atoms with van der Waals surface area (Å²) in [6.45, 7) is 2.89. The average Bonchev–Trinajstić information content (AvgIpc) is 2.71. The minimum atomic E-state index is 0.728. The van der Waals surface area contributed by atoms with E-state index in [1.54, 1.807) is 0 Å². The minimum Gasteiger partial charge on any atom is -0.184 e. The molecule has 2 rings (SSSR count). The second kappa shape index (κ2) is 3.52. The van der Waals surface area contributed by atoms with Crippen LogP contribution in [0.2, 0.25) is 0 Å². The maximum Gasteiger partial charge on any atom is 0.0874 e. The van der Waals surface area contributed by atoms with E-state index >= 15 is 0 Å². The van der Waals surface area contributed by atoms with Gasteiger partial charge in [-0.05, 0) is 17.5 Å². The zero-order valence-corrected chi connectivity index (χ0v) is 7.70. The number of rotatable bonds is 2. The van der Waals surface area contributed by atoms with Gasteiger partial charge in [0.2, 0.25) is 0 Å². The number of aryl methyl sites for hydroxylation is 1. The lowest BCUT2D eigenvalue weighted by molar-refractivity contribution is 1.13. The van der Waals surface area contributed by atoms with Crippen LogP contribution in [0.15, 0.2) is 40.7 Å². The van der Waals surface area contributed by atoms with Crippen LogP contribution in [-0.2, 0) is 6.42 Å². The smallest absolute Gasteiger partial charge is 0.0874 e. The van der Waals surface area contributed by atoms with Crippen molar-refractivity contribution in [1.82, 2.24) is 0 Å². The van der Waals surface area contributed by atoms with Crippen molar-refractivity contribution in [2.45, 2.75) is 13.3 Å². The summed E-state index contributed by atoms with van der Waals surface area (Å²) >= 11 is 0. The van der Waals surface area contributed by atoms with Crippen LogP contribution < -0.4 is 0 Å². The molecule has 0 N–H and O–H groups in total. The summed E-state index contributed by atoms with van der Waals surface area (Å²) < 4.78 is 0.